The molecule has 5 heteroatoms. The predicted molar refractivity (Wildman–Crippen MR) is 94.1 cm³/mol. The summed E-state index contributed by atoms with van der Waals surface area (Å²) in [6.45, 7) is 0.421. The molecule has 0 radical (unpaired) electrons. The highest BCUT2D eigenvalue weighted by atomic mass is 35.5. The zero-order chi connectivity index (χ0) is 17.1. The number of fused-ring (bicyclic) bond motifs is 1. The number of hydrogen-bond acceptors (Lipinski definition) is 3. The van der Waals surface area contributed by atoms with Gasteiger partial charge in [0, 0.05) is 30.0 Å². The summed E-state index contributed by atoms with van der Waals surface area (Å²) in [5.74, 6) is 0.821. The van der Waals surface area contributed by atoms with Crippen LogP contribution in [0.1, 0.15) is 28.8 Å². The maximum absolute atomic E-state index is 12.6. The smallest absolute Gasteiger partial charge is 0.227 e. The summed E-state index contributed by atoms with van der Waals surface area (Å²) in [5.41, 5.74) is 2.24. The van der Waals surface area contributed by atoms with E-state index in [0.717, 1.165) is 11.3 Å². The lowest BCUT2D eigenvalue weighted by Gasteiger charge is -2.29. The summed E-state index contributed by atoms with van der Waals surface area (Å²) in [5, 5.41) is 0.507. The Bertz CT molecular complexity index is 788. The largest absolute Gasteiger partial charge is 0.497 e. The minimum Gasteiger partial charge on any atom is -0.497 e. The molecule has 3 rings (SSSR count). The van der Waals surface area contributed by atoms with Crippen molar-refractivity contribution >= 4 is 29.0 Å². The van der Waals surface area contributed by atoms with Crippen molar-refractivity contribution in [3.63, 3.8) is 0 Å². The van der Waals surface area contributed by atoms with Crippen molar-refractivity contribution in [2.45, 2.75) is 19.3 Å². The fourth-order valence-electron chi connectivity index (χ4n) is 2.91. The van der Waals surface area contributed by atoms with Crippen molar-refractivity contribution in [2.75, 3.05) is 18.6 Å². The maximum Gasteiger partial charge on any atom is 0.227 e. The number of anilines is 1. The number of halogens is 1. The average molecular weight is 344 g/mol. The number of nitrogens with zero attached hydrogens (tertiary/aromatic N) is 1. The first-order valence-corrected chi connectivity index (χ1v) is 8.22. The quantitative estimate of drug-likeness (QED) is 0.845. The monoisotopic (exact) mass is 343 g/mol. The molecule has 0 aliphatic carbocycles. The van der Waals surface area contributed by atoms with Gasteiger partial charge in [-0.25, -0.2) is 0 Å². The SMILES string of the molecule is COc1cccc(CCC(=O)N2CCC(=O)c3cc(Cl)ccc32)c1. The molecule has 0 saturated carbocycles. The van der Waals surface area contributed by atoms with Gasteiger partial charge in [-0.15, -0.1) is 0 Å². The molecule has 0 bridgehead atoms. The molecule has 124 valence electrons. The number of benzene rings is 2. The molecule has 2 aromatic carbocycles. The number of hydrogen-bond donors (Lipinski definition) is 0. The molecule has 1 aliphatic rings. The lowest BCUT2D eigenvalue weighted by molar-refractivity contribution is -0.118. The van der Waals surface area contributed by atoms with Gasteiger partial charge >= 0.3 is 0 Å². The number of rotatable bonds is 4. The Labute approximate surface area is 146 Å². The summed E-state index contributed by atoms with van der Waals surface area (Å²) in [7, 11) is 1.62. The Hall–Kier alpha value is -2.33. The maximum atomic E-state index is 12.6. The van der Waals surface area contributed by atoms with Gasteiger partial charge in [0.15, 0.2) is 5.78 Å². The van der Waals surface area contributed by atoms with Crippen LogP contribution in [0.25, 0.3) is 0 Å². The van der Waals surface area contributed by atoms with E-state index >= 15 is 0 Å². The Morgan fingerprint density at radius 2 is 2.08 bits per heavy atom. The number of aryl methyl sites for hydroxylation is 1. The van der Waals surface area contributed by atoms with Crippen LogP contribution in [-0.2, 0) is 11.2 Å². The lowest BCUT2D eigenvalue weighted by atomic mass is 9.99. The summed E-state index contributed by atoms with van der Waals surface area (Å²) in [4.78, 5) is 26.4. The Morgan fingerprint density at radius 1 is 1.25 bits per heavy atom. The number of carbonyl (C=O) groups excluding carboxylic acids is 2. The molecule has 0 atom stereocenters. The van der Waals surface area contributed by atoms with Crippen molar-refractivity contribution in [1.29, 1.82) is 0 Å². The van der Waals surface area contributed by atoms with E-state index in [4.69, 9.17) is 16.3 Å². The van der Waals surface area contributed by atoms with Crippen molar-refractivity contribution in [3.05, 3.63) is 58.6 Å². The molecule has 0 spiro atoms. The third-order valence-corrected chi connectivity index (χ3v) is 4.41. The molecule has 0 N–H and O–H groups in total. The molecule has 0 fully saturated rings. The lowest BCUT2D eigenvalue weighted by Crippen LogP contribution is -2.37. The van der Waals surface area contributed by atoms with Crippen molar-refractivity contribution < 1.29 is 14.3 Å². The molecule has 4 nitrogen and oxygen atoms in total. The molecular formula is C19H18ClNO3. The predicted octanol–water partition coefficient (Wildman–Crippen LogP) is 3.90. The third-order valence-electron chi connectivity index (χ3n) is 4.18. The van der Waals surface area contributed by atoms with Gasteiger partial charge in [-0.2, -0.15) is 0 Å². The normalized spacial score (nSPS) is 13.6. The zero-order valence-corrected chi connectivity index (χ0v) is 14.2. The summed E-state index contributed by atoms with van der Waals surface area (Å²) < 4.78 is 5.20. The van der Waals surface area contributed by atoms with E-state index in [1.54, 1.807) is 30.2 Å². The molecule has 2 aromatic rings. The van der Waals surface area contributed by atoms with E-state index in [2.05, 4.69) is 0 Å². The van der Waals surface area contributed by atoms with Gasteiger partial charge in [-0.1, -0.05) is 23.7 Å². The standard InChI is InChI=1S/C19H18ClNO3/c1-24-15-4-2-3-13(11-15)5-8-19(23)21-10-9-18(22)16-12-14(20)6-7-17(16)21/h2-4,6-7,11-12H,5,8-10H2,1H3. The third kappa shape index (κ3) is 3.44. The van der Waals surface area contributed by atoms with Crippen molar-refractivity contribution in [3.8, 4) is 5.75 Å². The van der Waals surface area contributed by atoms with Crippen LogP contribution in [0.15, 0.2) is 42.5 Å². The van der Waals surface area contributed by atoms with Crippen LogP contribution in [0, 0.1) is 0 Å². The first kappa shape index (κ1) is 16.5. The van der Waals surface area contributed by atoms with Gasteiger partial charge < -0.3 is 9.64 Å². The zero-order valence-electron chi connectivity index (χ0n) is 13.4. The second-order valence-corrected chi connectivity index (χ2v) is 6.17. The van der Waals surface area contributed by atoms with Crippen molar-refractivity contribution in [1.82, 2.24) is 0 Å². The molecular weight excluding hydrogens is 326 g/mol. The average Bonchev–Trinajstić information content (AvgIpc) is 2.60. The minimum atomic E-state index is 0.00823. The summed E-state index contributed by atoms with van der Waals surface area (Å²) in [6.07, 6.45) is 1.34. The minimum absolute atomic E-state index is 0.00823. The molecule has 1 heterocycles. The topological polar surface area (TPSA) is 46.6 Å². The molecule has 1 amide bonds. The fraction of sp³-hybridized carbons (Fsp3) is 0.263. The second kappa shape index (κ2) is 7.05. The first-order valence-electron chi connectivity index (χ1n) is 7.84. The summed E-state index contributed by atoms with van der Waals surface area (Å²) in [6, 6.07) is 12.8. The number of amides is 1. The first-order chi connectivity index (χ1) is 11.6. The summed E-state index contributed by atoms with van der Waals surface area (Å²) >= 11 is 5.97. The van der Waals surface area contributed by atoms with Crippen LogP contribution in [0.4, 0.5) is 5.69 Å². The Balaban J connectivity index is 1.74. The number of Topliss-reactive ketones (excluding diaryl/α,β-unsaturated/α-hetero) is 1. The fourth-order valence-corrected chi connectivity index (χ4v) is 3.08. The highest BCUT2D eigenvalue weighted by Crippen LogP contribution is 2.30. The van der Waals surface area contributed by atoms with Gasteiger partial charge in [0.25, 0.3) is 0 Å². The van der Waals surface area contributed by atoms with Crippen LogP contribution in [-0.4, -0.2) is 25.3 Å². The number of ether oxygens (including phenoxy) is 1. The van der Waals surface area contributed by atoms with Crippen LogP contribution < -0.4 is 9.64 Å². The van der Waals surface area contributed by atoms with Crippen LogP contribution in [0.2, 0.25) is 5.02 Å². The second-order valence-electron chi connectivity index (χ2n) is 5.73. The van der Waals surface area contributed by atoms with Gasteiger partial charge in [-0.3, -0.25) is 9.59 Å². The molecule has 0 unspecified atom stereocenters. The van der Waals surface area contributed by atoms with E-state index in [-0.39, 0.29) is 11.7 Å². The van der Waals surface area contributed by atoms with E-state index < -0.39 is 0 Å². The molecule has 24 heavy (non-hydrogen) atoms. The Kier molecular flexibility index (Phi) is 4.86. The van der Waals surface area contributed by atoms with E-state index in [1.165, 1.54) is 0 Å². The van der Waals surface area contributed by atoms with Gasteiger partial charge in [0.1, 0.15) is 5.75 Å². The van der Waals surface area contributed by atoms with E-state index in [1.807, 2.05) is 24.3 Å². The Morgan fingerprint density at radius 3 is 2.88 bits per heavy atom. The van der Waals surface area contributed by atoms with Gasteiger partial charge in [0.05, 0.1) is 12.8 Å². The van der Waals surface area contributed by atoms with Gasteiger partial charge in [0.2, 0.25) is 5.91 Å². The molecule has 1 aliphatic heterocycles. The van der Waals surface area contributed by atoms with E-state index in [9.17, 15) is 9.59 Å². The van der Waals surface area contributed by atoms with Gasteiger partial charge in [-0.05, 0) is 42.3 Å². The molecule has 0 aromatic heterocycles. The van der Waals surface area contributed by atoms with Crippen LogP contribution in [0.5, 0.6) is 5.75 Å². The van der Waals surface area contributed by atoms with Crippen molar-refractivity contribution in [2.24, 2.45) is 0 Å². The van der Waals surface area contributed by atoms with Crippen LogP contribution >= 0.6 is 11.6 Å². The number of methoxy groups -OCH3 is 1. The van der Waals surface area contributed by atoms with Crippen LogP contribution in [0.3, 0.4) is 0 Å². The number of carbonyl (C=O) groups is 2. The highest BCUT2D eigenvalue weighted by molar-refractivity contribution is 6.31. The molecule has 0 saturated heterocycles. The number of ketones is 1. The highest BCUT2D eigenvalue weighted by Gasteiger charge is 2.27. The van der Waals surface area contributed by atoms with E-state index in [0.29, 0.717) is 42.1 Å².